The summed E-state index contributed by atoms with van der Waals surface area (Å²) >= 11 is 0. The van der Waals surface area contributed by atoms with Crippen molar-refractivity contribution in [2.24, 2.45) is 5.92 Å². The maximum atomic E-state index is 10.7. The van der Waals surface area contributed by atoms with E-state index >= 15 is 0 Å². The average Bonchev–Trinajstić information content (AvgIpc) is 2.80. The zero-order valence-electron chi connectivity index (χ0n) is 14.0. The number of benzene rings is 1. The molecule has 1 heterocycles. The summed E-state index contributed by atoms with van der Waals surface area (Å²) in [6, 6.07) is 10.1. The maximum Gasteiger partial charge on any atom is 0.163 e. The molecule has 0 spiro atoms. The van der Waals surface area contributed by atoms with Crippen molar-refractivity contribution in [1.82, 2.24) is 0 Å². The van der Waals surface area contributed by atoms with Crippen molar-refractivity contribution in [3.63, 3.8) is 0 Å². The van der Waals surface area contributed by atoms with Gasteiger partial charge in [0.25, 0.3) is 0 Å². The number of hydrogen-bond acceptors (Lipinski definition) is 4. The van der Waals surface area contributed by atoms with E-state index in [4.69, 9.17) is 14.2 Å². The number of rotatable bonds is 7. The van der Waals surface area contributed by atoms with E-state index in [0.29, 0.717) is 26.2 Å². The second-order valence-corrected chi connectivity index (χ2v) is 6.98. The van der Waals surface area contributed by atoms with Gasteiger partial charge in [-0.3, -0.25) is 0 Å². The van der Waals surface area contributed by atoms with Crippen LogP contribution in [0, 0.1) is 5.92 Å². The largest absolute Gasteiger partial charge is 0.387 e. The molecule has 1 N–H and O–H groups in total. The fraction of sp³-hybridized carbons (Fsp3) is 0.667. The molecular formula is C18H28O4. The SMILES string of the molecule is C[C@@H](COCc1ccccc1)CC(C)(O)[C@H]1COC(C)(C)O1. The first-order valence-corrected chi connectivity index (χ1v) is 7.94. The number of hydrogen-bond donors (Lipinski definition) is 1. The summed E-state index contributed by atoms with van der Waals surface area (Å²) < 4.78 is 17.1. The third-order valence-corrected chi connectivity index (χ3v) is 3.98. The molecule has 0 amide bonds. The van der Waals surface area contributed by atoms with Crippen molar-refractivity contribution < 1.29 is 19.3 Å². The van der Waals surface area contributed by atoms with E-state index in [1.54, 1.807) is 0 Å². The van der Waals surface area contributed by atoms with Crippen molar-refractivity contribution in [3.05, 3.63) is 35.9 Å². The van der Waals surface area contributed by atoms with Crippen LogP contribution >= 0.6 is 0 Å². The van der Waals surface area contributed by atoms with Gasteiger partial charge < -0.3 is 19.3 Å². The monoisotopic (exact) mass is 308 g/mol. The zero-order chi connectivity index (χ0) is 16.2. The quantitative estimate of drug-likeness (QED) is 0.840. The van der Waals surface area contributed by atoms with Crippen LogP contribution in [0.3, 0.4) is 0 Å². The molecule has 4 nitrogen and oxygen atoms in total. The number of aliphatic hydroxyl groups is 1. The highest BCUT2D eigenvalue weighted by Gasteiger charge is 2.43. The Hall–Kier alpha value is -0.940. The molecule has 0 bridgehead atoms. The van der Waals surface area contributed by atoms with Crippen LogP contribution in [0.5, 0.6) is 0 Å². The van der Waals surface area contributed by atoms with E-state index in [9.17, 15) is 5.11 Å². The molecule has 0 aliphatic carbocycles. The molecule has 1 aromatic carbocycles. The Balaban J connectivity index is 1.75. The van der Waals surface area contributed by atoms with Gasteiger partial charge in [0.05, 0.1) is 18.8 Å². The van der Waals surface area contributed by atoms with E-state index in [1.165, 1.54) is 0 Å². The van der Waals surface area contributed by atoms with Gasteiger partial charge in [-0.05, 0) is 38.7 Å². The molecule has 4 heteroatoms. The van der Waals surface area contributed by atoms with Crippen molar-refractivity contribution in [2.45, 2.75) is 58.2 Å². The van der Waals surface area contributed by atoms with Gasteiger partial charge in [-0.15, -0.1) is 0 Å². The van der Waals surface area contributed by atoms with E-state index < -0.39 is 11.4 Å². The lowest BCUT2D eigenvalue weighted by Gasteiger charge is -2.32. The van der Waals surface area contributed by atoms with Crippen LogP contribution in [0.1, 0.15) is 39.7 Å². The highest BCUT2D eigenvalue weighted by Crippen LogP contribution is 2.32. The first-order chi connectivity index (χ1) is 10.3. The van der Waals surface area contributed by atoms with Crippen molar-refractivity contribution in [1.29, 1.82) is 0 Å². The minimum absolute atomic E-state index is 0.242. The van der Waals surface area contributed by atoms with Gasteiger partial charge in [0, 0.05) is 6.61 Å². The highest BCUT2D eigenvalue weighted by atomic mass is 16.7. The Morgan fingerprint density at radius 1 is 1.36 bits per heavy atom. The second kappa shape index (κ2) is 7.09. The van der Waals surface area contributed by atoms with Crippen LogP contribution in [0.2, 0.25) is 0 Å². The Bertz CT molecular complexity index is 455. The topological polar surface area (TPSA) is 47.9 Å². The Morgan fingerprint density at radius 3 is 2.64 bits per heavy atom. The molecule has 0 radical (unpaired) electrons. The zero-order valence-corrected chi connectivity index (χ0v) is 14.0. The molecule has 1 aliphatic heterocycles. The van der Waals surface area contributed by atoms with Gasteiger partial charge in [-0.2, -0.15) is 0 Å². The van der Waals surface area contributed by atoms with Gasteiger partial charge in [0.15, 0.2) is 5.79 Å². The minimum atomic E-state index is -0.913. The predicted molar refractivity (Wildman–Crippen MR) is 85.4 cm³/mol. The van der Waals surface area contributed by atoms with Crippen LogP contribution in [0.25, 0.3) is 0 Å². The molecule has 124 valence electrons. The summed E-state index contributed by atoms with van der Waals surface area (Å²) in [5.41, 5.74) is 0.249. The molecule has 0 aromatic heterocycles. The standard InChI is InChI=1S/C18H28O4/c1-14(11-20-12-15-8-6-5-7-9-15)10-18(4,19)16-13-21-17(2,3)22-16/h5-9,14,16,19H,10-13H2,1-4H3/t14-,16-,18?/m1/s1. The number of ether oxygens (including phenoxy) is 3. The average molecular weight is 308 g/mol. The summed E-state index contributed by atoms with van der Waals surface area (Å²) in [5, 5.41) is 10.7. The summed E-state index contributed by atoms with van der Waals surface area (Å²) in [4.78, 5) is 0. The molecule has 1 aliphatic rings. The van der Waals surface area contributed by atoms with Crippen molar-refractivity contribution in [2.75, 3.05) is 13.2 Å². The first-order valence-electron chi connectivity index (χ1n) is 7.94. The lowest BCUT2D eigenvalue weighted by molar-refractivity contribution is -0.170. The van der Waals surface area contributed by atoms with Crippen LogP contribution < -0.4 is 0 Å². The van der Waals surface area contributed by atoms with Crippen LogP contribution in [0.15, 0.2) is 30.3 Å². The molecule has 1 unspecified atom stereocenters. The van der Waals surface area contributed by atoms with Crippen molar-refractivity contribution >= 4 is 0 Å². The van der Waals surface area contributed by atoms with E-state index in [2.05, 4.69) is 6.92 Å². The van der Waals surface area contributed by atoms with Crippen LogP contribution in [-0.2, 0) is 20.8 Å². The van der Waals surface area contributed by atoms with E-state index in [0.717, 1.165) is 5.56 Å². The molecule has 2 rings (SSSR count). The Labute approximate surface area is 133 Å². The molecule has 1 aromatic rings. The third kappa shape index (κ3) is 5.06. The van der Waals surface area contributed by atoms with E-state index in [-0.39, 0.29) is 12.0 Å². The molecule has 0 saturated carbocycles. The minimum Gasteiger partial charge on any atom is -0.387 e. The molecule has 22 heavy (non-hydrogen) atoms. The second-order valence-electron chi connectivity index (χ2n) is 6.98. The molecule has 1 saturated heterocycles. The van der Waals surface area contributed by atoms with Gasteiger partial charge in [0.2, 0.25) is 0 Å². The van der Waals surface area contributed by atoms with Gasteiger partial charge in [-0.1, -0.05) is 37.3 Å². The molecule has 3 atom stereocenters. The smallest absolute Gasteiger partial charge is 0.163 e. The van der Waals surface area contributed by atoms with Gasteiger partial charge in [0.1, 0.15) is 6.10 Å². The van der Waals surface area contributed by atoms with E-state index in [1.807, 2.05) is 51.1 Å². The summed E-state index contributed by atoms with van der Waals surface area (Å²) in [5.74, 6) is -0.368. The molecular weight excluding hydrogens is 280 g/mol. The fourth-order valence-electron chi connectivity index (χ4n) is 2.84. The molecule has 1 fully saturated rings. The van der Waals surface area contributed by atoms with Crippen molar-refractivity contribution in [3.8, 4) is 0 Å². The highest BCUT2D eigenvalue weighted by molar-refractivity contribution is 5.13. The van der Waals surface area contributed by atoms with Crippen LogP contribution in [0.4, 0.5) is 0 Å². The first kappa shape index (κ1) is 17.4. The summed E-state index contributed by atoms with van der Waals surface area (Å²) in [6.45, 7) is 9.28. The predicted octanol–water partition coefficient (Wildman–Crippen LogP) is 3.13. The normalized spacial score (nSPS) is 24.9. The van der Waals surface area contributed by atoms with Crippen LogP contribution in [-0.4, -0.2) is 35.8 Å². The Kier molecular flexibility index (Phi) is 5.61. The van der Waals surface area contributed by atoms with Gasteiger partial charge in [-0.25, -0.2) is 0 Å². The van der Waals surface area contributed by atoms with Gasteiger partial charge >= 0.3 is 0 Å². The lowest BCUT2D eigenvalue weighted by Crippen LogP contribution is -2.43. The third-order valence-electron chi connectivity index (χ3n) is 3.98. The summed E-state index contributed by atoms with van der Waals surface area (Å²) in [6.07, 6.45) is 0.324. The summed E-state index contributed by atoms with van der Waals surface area (Å²) in [7, 11) is 0. The lowest BCUT2D eigenvalue weighted by atomic mass is 9.89. The fourth-order valence-corrected chi connectivity index (χ4v) is 2.84. The maximum absolute atomic E-state index is 10.7. The Morgan fingerprint density at radius 2 is 2.05 bits per heavy atom.